The lowest BCUT2D eigenvalue weighted by Crippen LogP contribution is -2.38. The maximum Gasteiger partial charge on any atom is 0.225 e. The normalized spacial score (nSPS) is 18.6. The molecular weight excluding hydrogens is 220 g/mol. The number of likely N-dealkylation sites (N-methyl/N-ethyl adjacent to an activating group) is 1. The van der Waals surface area contributed by atoms with E-state index in [1.54, 1.807) is 11.9 Å². The highest BCUT2D eigenvalue weighted by Gasteiger charge is 2.22. The van der Waals surface area contributed by atoms with Crippen molar-refractivity contribution >= 4 is 23.1 Å². The Morgan fingerprint density at radius 3 is 2.25 bits per heavy atom. The summed E-state index contributed by atoms with van der Waals surface area (Å²) in [4.78, 5) is 14.2. The Morgan fingerprint density at radius 2 is 1.75 bits per heavy atom. The van der Waals surface area contributed by atoms with E-state index in [-0.39, 0.29) is 11.8 Å². The number of hydrogen-bond donors (Lipinski definition) is 1. The molecule has 1 amide bonds. The zero-order valence-corrected chi connectivity index (χ0v) is 10.9. The highest BCUT2D eigenvalue weighted by atomic mass is 32.1. The Balaban J connectivity index is 2.46. The molecule has 0 heterocycles. The van der Waals surface area contributed by atoms with Crippen LogP contribution in [0.25, 0.3) is 0 Å². The Hall–Kier alpha value is -0.640. The second kappa shape index (κ2) is 6.84. The van der Waals surface area contributed by atoms with Crippen molar-refractivity contribution in [2.24, 2.45) is 11.7 Å². The summed E-state index contributed by atoms with van der Waals surface area (Å²) in [6, 6.07) is 0. The van der Waals surface area contributed by atoms with Crippen LogP contribution in [0, 0.1) is 5.92 Å². The van der Waals surface area contributed by atoms with Crippen molar-refractivity contribution in [2.75, 3.05) is 13.6 Å². The lowest BCUT2D eigenvalue weighted by Gasteiger charge is -2.24. The molecule has 1 rings (SSSR count). The van der Waals surface area contributed by atoms with Crippen LogP contribution in [0.2, 0.25) is 0 Å². The first-order chi connectivity index (χ1) is 7.61. The summed E-state index contributed by atoms with van der Waals surface area (Å²) in [6.45, 7) is 0.407. The van der Waals surface area contributed by atoms with Crippen LogP contribution < -0.4 is 5.73 Å². The maximum atomic E-state index is 12.1. The van der Waals surface area contributed by atoms with Crippen LogP contribution in [0.5, 0.6) is 0 Å². The second-order valence-corrected chi connectivity index (χ2v) is 5.23. The molecule has 0 bridgehead atoms. The van der Waals surface area contributed by atoms with Gasteiger partial charge in [0.25, 0.3) is 0 Å². The number of rotatable bonds is 3. The predicted molar refractivity (Wildman–Crippen MR) is 70.2 cm³/mol. The van der Waals surface area contributed by atoms with Crippen molar-refractivity contribution in [3.63, 3.8) is 0 Å². The van der Waals surface area contributed by atoms with Gasteiger partial charge in [-0.15, -0.1) is 0 Å². The molecule has 3 nitrogen and oxygen atoms in total. The van der Waals surface area contributed by atoms with Gasteiger partial charge in [-0.2, -0.15) is 0 Å². The molecular formula is C12H22N2OS. The van der Waals surface area contributed by atoms with Crippen LogP contribution in [-0.4, -0.2) is 29.4 Å². The summed E-state index contributed by atoms with van der Waals surface area (Å²) >= 11 is 4.82. The summed E-state index contributed by atoms with van der Waals surface area (Å²) in [5, 5.41) is 0. The van der Waals surface area contributed by atoms with E-state index in [2.05, 4.69) is 0 Å². The standard InChI is InChI=1S/C12H22N2OS/c1-14(9-11(13)16)12(15)10-7-5-3-2-4-6-8-10/h10H,2-9H2,1H3,(H2,13,16). The zero-order chi connectivity index (χ0) is 12.0. The Kier molecular flexibility index (Phi) is 5.74. The van der Waals surface area contributed by atoms with E-state index in [9.17, 15) is 4.79 Å². The van der Waals surface area contributed by atoms with E-state index in [0.29, 0.717) is 11.5 Å². The SMILES string of the molecule is CN(CC(N)=S)C(=O)C1CCCCCCC1. The lowest BCUT2D eigenvalue weighted by atomic mass is 9.90. The van der Waals surface area contributed by atoms with Crippen LogP contribution >= 0.6 is 12.2 Å². The molecule has 0 saturated heterocycles. The van der Waals surface area contributed by atoms with E-state index >= 15 is 0 Å². The first-order valence-electron chi connectivity index (χ1n) is 6.14. The van der Waals surface area contributed by atoms with Gasteiger partial charge in [-0.05, 0) is 12.8 Å². The van der Waals surface area contributed by atoms with Crippen LogP contribution in [0.15, 0.2) is 0 Å². The number of carbonyl (C=O) groups excluding carboxylic acids is 1. The van der Waals surface area contributed by atoms with Gasteiger partial charge in [0.05, 0.1) is 11.5 Å². The van der Waals surface area contributed by atoms with E-state index < -0.39 is 0 Å². The molecule has 0 aromatic carbocycles. The molecule has 0 atom stereocenters. The number of nitrogens with zero attached hydrogens (tertiary/aromatic N) is 1. The predicted octanol–water partition coefficient (Wildman–Crippen LogP) is 2.09. The van der Waals surface area contributed by atoms with Crippen molar-refractivity contribution < 1.29 is 4.79 Å². The molecule has 0 radical (unpaired) electrons. The fourth-order valence-corrected chi connectivity index (χ4v) is 2.52. The molecule has 2 N–H and O–H groups in total. The molecule has 1 fully saturated rings. The van der Waals surface area contributed by atoms with E-state index in [1.807, 2.05) is 0 Å². The average Bonchev–Trinajstić information content (AvgIpc) is 2.15. The summed E-state index contributed by atoms with van der Waals surface area (Å²) in [5.74, 6) is 0.411. The van der Waals surface area contributed by atoms with Crippen LogP contribution in [0.4, 0.5) is 0 Å². The Bertz CT molecular complexity index is 247. The molecule has 92 valence electrons. The number of nitrogens with two attached hydrogens (primary N) is 1. The van der Waals surface area contributed by atoms with Gasteiger partial charge in [0, 0.05) is 13.0 Å². The molecule has 16 heavy (non-hydrogen) atoms. The highest BCUT2D eigenvalue weighted by Crippen LogP contribution is 2.23. The van der Waals surface area contributed by atoms with Crippen molar-refractivity contribution in [1.82, 2.24) is 4.90 Å². The van der Waals surface area contributed by atoms with Gasteiger partial charge in [-0.3, -0.25) is 4.79 Å². The van der Waals surface area contributed by atoms with E-state index in [4.69, 9.17) is 18.0 Å². The summed E-state index contributed by atoms with van der Waals surface area (Å²) in [6.07, 6.45) is 8.27. The fraction of sp³-hybridized carbons (Fsp3) is 0.833. The number of carbonyl (C=O) groups is 1. The molecule has 0 aromatic rings. The molecule has 0 unspecified atom stereocenters. The van der Waals surface area contributed by atoms with Crippen molar-refractivity contribution in [3.8, 4) is 0 Å². The zero-order valence-electron chi connectivity index (χ0n) is 10.1. The minimum Gasteiger partial charge on any atom is -0.392 e. The Labute approximate surface area is 103 Å². The first kappa shape index (κ1) is 13.4. The number of thiocarbonyl (C=S) groups is 1. The minimum absolute atomic E-state index is 0.194. The molecule has 4 heteroatoms. The smallest absolute Gasteiger partial charge is 0.225 e. The van der Waals surface area contributed by atoms with Crippen molar-refractivity contribution in [3.05, 3.63) is 0 Å². The van der Waals surface area contributed by atoms with Crippen molar-refractivity contribution in [2.45, 2.75) is 44.9 Å². The highest BCUT2D eigenvalue weighted by molar-refractivity contribution is 7.80. The minimum atomic E-state index is 0.194. The third-order valence-corrected chi connectivity index (χ3v) is 3.35. The molecule has 1 saturated carbocycles. The van der Waals surface area contributed by atoms with Gasteiger partial charge in [-0.25, -0.2) is 0 Å². The molecule has 0 spiro atoms. The van der Waals surface area contributed by atoms with Gasteiger partial charge < -0.3 is 10.6 Å². The molecule has 0 aliphatic heterocycles. The van der Waals surface area contributed by atoms with Gasteiger partial charge in [0.2, 0.25) is 5.91 Å². The van der Waals surface area contributed by atoms with Gasteiger partial charge >= 0.3 is 0 Å². The summed E-state index contributed by atoms with van der Waals surface area (Å²) < 4.78 is 0. The van der Waals surface area contributed by atoms with Gasteiger partial charge in [0.15, 0.2) is 0 Å². The van der Waals surface area contributed by atoms with Gasteiger partial charge in [-0.1, -0.05) is 44.3 Å². The van der Waals surface area contributed by atoms with E-state index in [1.165, 1.54) is 32.1 Å². The van der Waals surface area contributed by atoms with Gasteiger partial charge in [0.1, 0.15) is 0 Å². The molecule has 1 aliphatic carbocycles. The third kappa shape index (κ3) is 4.47. The third-order valence-electron chi connectivity index (χ3n) is 3.22. The van der Waals surface area contributed by atoms with Crippen LogP contribution in [0.1, 0.15) is 44.9 Å². The maximum absolute atomic E-state index is 12.1. The first-order valence-corrected chi connectivity index (χ1v) is 6.55. The van der Waals surface area contributed by atoms with E-state index in [0.717, 1.165) is 12.8 Å². The lowest BCUT2D eigenvalue weighted by molar-refractivity contribution is -0.134. The van der Waals surface area contributed by atoms with Crippen molar-refractivity contribution in [1.29, 1.82) is 0 Å². The average molecular weight is 242 g/mol. The van der Waals surface area contributed by atoms with Crippen LogP contribution in [0.3, 0.4) is 0 Å². The number of hydrogen-bond acceptors (Lipinski definition) is 2. The summed E-state index contributed by atoms with van der Waals surface area (Å²) in [5.41, 5.74) is 5.45. The topological polar surface area (TPSA) is 46.3 Å². The van der Waals surface area contributed by atoms with Crippen LogP contribution in [-0.2, 0) is 4.79 Å². The summed E-state index contributed by atoms with van der Waals surface area (Å²) in [7, 11) is 1.79. The second-order valence-electron chi connectivity index (χ2n) is 4.70. The quantitative estimate of drug-likeness (QED) is 0.771. The molecule has 0 aromatic heterocycles. The Morgan fingerprint density at radius 1 is 1.25 bits per heavy atom. The monoisotopic (exact) mass is 242 g/mol. The molecule has 1 aliphatic rings. The fourth-order valence-electron chi connectivity index (χ4n) is 2.33. The number of amides is 1. The largest absolute Gasteiger partial charge is 0.392 e.